The summed E-state index contributed by atoms with van der Waals surface area (Å²) in [5.74, 6) is -0.0932. The number of piperidine rings is 1. The third-order valence-electron chi connectivity index (χ3n) is 5.54. The van der Waals surface area contributed by atoms with E-state index in [1.54, 1.807) is 30.6 Å². The summed E-state index contributed by atoms with van der Waals surface area (Å²) in [6, 6.07) is 6.35. The molecule has 2 aliphatic rings. The van der Waals surface area contributed by atoms with Gasteiger partial charge in [-0.1, -0.05) is 24.1 Å². The minimum Gasteiger partial charge on any atom is -0.456 e. The lowest BCUT2D eigenvalue weighted by atomic mass is 10.1. The summed E-state index contributed by atoms with van der Waals surface area (Å²) in [5.41, 5.74) is 1.65. The zero-order valence-electron chi connectivity index (χ0n) is 17.2. The number of aromatic nitrogens is 1. The Morgan fingerprint density at radius 1 is 1.09 bits per heavy atom. The predicted molar refractivity (Wildman–Crippen MR) is 126 cm³/mol. The molecule has 0 aliphatic carbocycles. The predicted octanol–water partition coefficient (Wildman–Crippen LogP) is 4.65. The molecular weight excluding hydrogens is 486 g/mol. The summed E-state index contributed by atoms with van der Waals surface area (Å²) in [4.78, 5) is 27.8. The van der Waals surface area contributed by atoms with Crippen LogP contribution in [0, 0.1) is 0 Å². The van der Waals surface area contributed by atoms with Gasteiger partial charge in [0.2, 0.25) is 10.0 Å². The first-order valence-electron chi connectivity index (χ1n) is 10.3. The smallest absolute Gasteiger partial charge is 0.290 e. The zero-order valence-corrected chi connectivity index (χ0v) is 19.6. The minimum absolute atomic E-state index is 0.150. The molecule has 1 aromatic carbocycles. The van der Waals surface area contributed by atoms with Crippen LogP contribution in [-0.2, 0) is 14.8 Å². The quantitative estimate of drug-likeness (QED) is 0.516. The Morgan fingerprint density at radius 3 is 2.58 bits per heavy atom. The van der Waals surface area contributed by atoms with Crippen LogP contribution >= 0.6 is 23.4 Å². The van der Waals surface area contributed by atoms with Gasteiger partial charge in [-0.2, -0.15) is 4.31 Å². The second-order valence-electron chi connectivity index (χ2n) is 7.71. The number of furan rings is 1. The van der Waals surface area contributed by atoms with Gasteiger partial charge in [0.1, 0.15) is 11.3 Å². The molecule has 1 N–H and O–H groups in total. The molecule has 4 heterocycles. The van der Waals surface area contributed by atoms with Crippen LogP contribution in [0.15, 0.2) is 50.9 Å². The van der Waals surface area contributed by atoms with Crippen LogP contribution in [0.5, 0.6) is 0 Å². The third-order valence-corrected chi connectivity index (χ3v) is 8.56. The summed E-state index contributed by atoms with van der Waals surface area (Å²) in [7, 11) is -3.61. The number of hydrogen-bond acceptors (Lipinski definition) is 7. The van der Waals surface area contributed by atoms with Crippen LogP contribution in [0.3, 0.4) is 0 Å². The number of hydrogen-bond donors (Lipinski definition) is 1. The van der Waals surface area contributed by atoms with Crippen LogP contribution in [0.25, 0.3) is 28.2 Å². The summed E-state index contributed by atoms with van der Waals surface area (Å²) in [6.45, 7) is 1.02. The molecule has 0 bridgehead atoms. The Kier molecular flexibility index (Phi) is 5.77. The number of nitrogens with zero attached hydrogens (tertiary/aromatic N) is 2. The largest absolute Gasteiger partial charge is 0.456 e. The first kappa shape index (κ1) is 22.1. The molecule has 0 unspecified atom stereocenters. The van der Waals surface area contributed by atoms with E-state index < -0.39 is 21.2 Å². The number of thioether (sulfide) groups is 1. The average molecular weight is 504 g/mol. The van der Waals surface area contributed by atoms with Gasteiger partial charge in [0, 0.05) is 53.1 Å². The van der Waals surface area contributed by atoms with Crippen LogP contribution < -0.4 is 5.32 Å². The number of benzene rings is 1. The average Bonchev–Trinajstić information content (AvgIpc) is 3.35. The molecule has 33 heavy (non-hydrogen) atoms. The Balaban J connectivity index is 1.52. The van der Waals surface area contributed by atoms with Crippen molar-refractivity contribution in [3.63, 3.8) is 0 Å². The van der Waals surface area contributed by atoms with Crippen molar-refractivity contribution >= 4 is 61.6 Å². The van der Waals surface area contributed by atoms with E-state index in [-0.39, 0.29) is 14.8 Å². The van der Waals surface area contributed by atoms with E-state index >= 15 is 0 Å². The molecular formula is C22H18ClN3O5S2. The number of sulfonamides is 1. The van der Waals surface area contributed by atoms with E-state index in [1.165, 1.54) is 16.4 Å². The Bertz CT molecular complexity index is 1430. The molecule has 170 valence electrons. The third kappa shape index (κ3) is 4.19. The van der Waals surface area contributed by atoms with Crippen molar-refractivity contribution in [1.82, 2.24) is 14.6 Å². The van der Waals surface area contributed by atoms with Crippen molar-refractivity contribution in [3.8, 4) is 11.1 Å². The van der Waals surface area contributed by atoms with Crippen molar-refractivity contribution < 1.29 is 22.4 Å². The second kappa shape index (κ2) is 8.60. The van der Waals surface area contributed by atoms with Crippen molar-refractivity contribution in [2.75, 3.05) is 13.1 Å². The lowest BCUT2D eigenvalue weighted by Crippen LogP contribution is -2.35. The maximum Gasteiger partial charge on any atom is 0.290 e. The maximum absolute atomic E-state index is 13.0. The lowest BCUT2D eigenvalue weighted by Gasteiger charge is -2.26. The highest BCUT2D eigenvalue weighted by Crippen LogP contribution is 2.37. The van der Waals surface area contributed by atoms with E-state index in [4.69, 9.17) is 16.0 Å². The minimum atomic E-state index is -3.61. The number of pyridine rings is 1. The van der Waals surface area contributed by atoms with Gasteiger partial charge in [-0.05, 0) is 42.8 Å². The number of halogens is 1. The van der Waals surface area contributed by atoms with E-state index in [9.17, 15) is 18.0 Å². The summed E-state index contributed by atoms with van der Waals surface area (Å²) >= 11 is 7.33. The molecule has 0 atom stereocenters. The van der Waals surface area contributed by atoms with Gasteiger partial charge in [0.25, 0.3) is 11.1 Å². The van der Waals surface area contributed by atoms with Gasteiger partial charge >= 0.3 is 0 Å². The van der Waals surface area contributed by atoms with E-state index in [2.05, 4.69) is 10.3 Å². The van der Waals surface area contributed by atoms with Gasteiger partial charge in [-0.15, -0.1) is 0 Å². The number of nitrogens with one attached hydrogen (secondary N) is 1. The zero-order chi connectivity index (χ0) is 23.2. The molecule has 2 aromatic heterocycles. The Hall–Kier alpha value is -2.66. The molecule has 2 amide bonds. The molecule has 3 aromatic rings. The fourth-order valence-electron chi connectivity index (χ4n) is 3.92. The second-order valence-corrected chi connectivity index (χ2v) is 11.1. The van der Waals surface area contributed by atoms with Gasteiger partial charge in [-0.3, -0.25) is 19.9 Å². The van der Waals surface area contributed by atoms with Crippen molar-refractivity contribution in [2.45, 2.75) is 24.2 Å². The summed E-state index contributed by atoms with van der Waals surface area (Å²) in [6.07, 6.45) is 7.42. The first-order chi connectivity index (χ1) is 15.8. The molecule has 11 heteroatoms. The van der Waals surface area contributed by atoms with Gasteiger partial charge in [0.05, 0.1) is 9.80 Å². The molecule has 0 spiro atoms. The molecule has 2 saturated heterocycles. The monoisotopic (exact) mass is 503 g/mol. The number of carbonyl (C=O) groups is 2. The van der Waals surface area contributed by atoms with Crippen molar-refractivity contribution in [2.24, 2.45) is 0 Å². The highest BCUT2D eigenvalue weighted by Gasteiger charge is 2.27. The molecule has 2 fully saturated rings. The van der Waals surface area contributed by atoms with Gasteiger partial charge < -0.3 is 4.42 Å². The van der Waals surface area contributed by atoms with Gasteiger partial charge in [0.15, 0.2) is 0 Å². The normalized spacial score (nSPS) is 18.9. The van der Waals surface area contributed by atoms with Crippen LogP contribution in [0.2, 0.25) is 5.02 Å². The molecule has 0 radical (unpaired) electrons. The van der Waals surface area contributed by atoms with E-state index in [0.717, 1.165) is 31.0 Å². The number of fused-ring (bicyclic) bond motifs is 1. The molecule has 2 aliphatic heterocycles. The van der Waals surface area contributed by atoms with Crippen LogP contribution in [0.4, 0.5) is 4.79 Å². The molecule has 0 saturated carbocycles. The standard InChI is InChI=1S/C22H18ClN3O5S2/c23-18-10-15(33(29,30)26-6-2-1-3-7-26)4-5-16(18)17-12-24-11-13-8-14(31-20(13)17)9-19-21(27)25-22(28)32-19/h4-5,8-12H,1-3,6-7H2,(H,25,27,28)/b19-9+. The Morgan fingerprint density at radius 2 is 1.88 bits per heavy atom. The topological polar surface area (TPSA) is 110 Å². The van der Waals surface area contributed by atoms with Crippen molar-refractivity contribution in [3.05, 3.63) is 52.3 Å². The number of rotatable bonds is 4. The molecule has 5 rings (SSSR count). The highest BCUT2D eigenvalue weighted by atomic mass is 35.5. The van der Waals surface area contributed by atoms with E-state index in [0.29, 0.717) is 40.9 Å². The lowest BCUT2D eigenvalue weighted by molar-refractivity contribution is -0.115. The SMILES string of the molecule is O=C1NC(=O)/C(=C\c2cc3cncc(-c4ccc(S(=O)(=O)N5CCCCC5)cc4Cl)c3o2)S1. The van der Waals surface area contributed by atoms with Crippen LogP contribution in [-0.4, -0.2) is 41.9 Å². The summed E-state index contributed by atoms with van der Waals surface area (Å²) < 4.78 is 33.4. The highest BCUT2D eigenvalue weighted by molar-refractivity contribution is 8.18. The number of carbonyl (C=O) groups excluding carboxylic acids is 2. The fourth-order valence-corrected chi connectivity index (χ4v) is 6.48. The summed E-state index contributed by atoms with van der Waals surface area (Å²) in [5, 5.41) is 2.70. The Labute approximate surface area is 199 Å². The number of amides is 2. The first-order valence-corrected chi connectivity index (χ1v) is 12.9. The van der Waals surface area contributed by atoms with Crippen molar-refractivity contribution in [1.29, 1.82) is 0 Å². The van der Waals surface area contributed by atoms with Gasteiger partial charge in [-0.25, -0.2) is 8.42 Å². The number of imide groups is 1. The van der Waals surface area contributed by atoms with Crippen LogP contribution in [0.1, 0.15) is 25.0 Å². The van der Waals surface area contributed by atoms with E-state index in [1.807, 2.05) is 0 Å². The molecule has 8 nitrogen and oxygen atoms in total. The maximum atomic E-state index is 13.0. The fraction of sp³-hybridized carbons (Fsp3) is 0.227.